The van der Waals surface area contributed by atoms with Crippen LogP contribution in [0.15, 0.2) is 36.5 Å². The van der Waals surface area contributed by atoms with Gasteiger partial charge in [-0.05, 0) is 42.4 Å². The van der Waals surface area contributed by atoms with Crippen LogP contribution in [0.3, 0.4) is 0 Å². The zero-order valence-corrected chi connectivity index (χ0v) is 15.7. The molecule has 2 fully saturated rings. The van der Waals surface area contributed by atoms with Crippen molar-refractivity contribution in [3.05, 3.63) is 36.5 Å². The molecular formula is C19H23NO5S. The van der Waals surface area contributed by atoms with Gasteiger partial charge in [-0.1, -0.05) is 19.9 Å². The van der Waals surface area contributed by atoms with Crippen molar-refractivity contribution in [2.75, 3.05) is 5.75 Å². The van der Waals surface area contributed by atoms with Gasteiger partial charge < -0.3 is 9.66 Å². The van der Waals surface area contributed by atoms with Crippen molar-refractivity contribution in [1.82, 2.24) is 0 Å². The van der Waals surface area contributed by atoms with Crippen molar-refractivity contribution in [1.29, 1.82) is 0 Å². The molecule has 2 N–H and O–H groups in total. The number of ketones is 1. The number of rotatable bonds is 2. The number of benzene rings is 1. The summed E-state index contributed by atoms with van der Waals surface area (Å²) in [4.78, 5) is 14.8. The first kappa shape index (κ1) is 18.8. The molecule has 4 rings (SSSR count). The molecule has 0 aliphatic heterocycles. The van der Waals surface area contributed by atoms with Crippen molar-refractivity contribution >= 4 is 26.8 Å². The molecule has 0 saturated heterocycles. The summed E-state index contributed by atoms with van der Waals surface area (Å²) in [6.45, 7) is 3.83. The van der Waals surface area contributed by atoms with E-state index in [9.17, 15) is 22.9 Å². The van der Waals surface area contributed by atoms with E-state index in [0.717, 1.165) is 17.3 Å². The van der Waals surface area contributed by atoms with Crippen molar-refractivity contribution in [2.24, 2.45) is 16.7 Å². The fraction of sp³-hybridized carbons (Fsp3) is 0.474. The summed E-state index contributed by atoms with van der Waals surface area (Å²) in [5.41, 5.74) is -0.435. The Kier molecular flexibility index (Phi) is 4.56. The van der Waals surface area contributed by atoms with Gasteiger partial charge in [0.2, 0.25) is 0 Å². The van der Waals surface area contributed by atoms with Gasteiger partial charge in [0.1, 0.15) is 5.78 Å². The average Bonchev–Trinajstić information content (AvgIpc) is 2.89. The molecule has 2 aromatic rings. The predicted octanol–water partition coefficient (Wildman–Crippen LogP) is 2.29. The molecule has 0 amide bonds. The Morgan fingerprint density at radius 3 is 2.50 bits per heavy atom. The summed E-state index contributed by atoms with van der Waals surface area (Å²) in [6.07, 6.45) is 3.67. The van der Waals surface area contributed by atoms with Gasteiger partial charge in [-0.25, -0.2) is 13.4 Å². The Labute approximate surface area is 153 Å². The third-order valence-corrected chi connectivity index (χ3v) is 7.08. The molecule has 2 unspecified atom stereocenters. The number of hydrogen-bond donors (Lipinski definition) is 1. The van der Waals surface area contributed by atoms with Crippen molar-refractivity contribution < 1.29 is 27.9 Å². The van der Waals surface area contributed by atoms with Gasteiger partial charge in [0.05, 0.1) is 21.3 Å². The highest BCUT2D eigenvalue weighted by Crippen LogP contribution is 2.64. The third kappa shape index (κ3) is 3.10. The number of fused-ring (bicyclic) bond motifs is 3. The summed E-state index contributed by atoms with van der Waals surface area (Å²) in [6, 6.07) is 9.29. The van der Waals surface area contributed by atoms with E-state index in [2.05, 4.69) is 4.98 Å². The summed E-state index contributed by atoms with van der Waals surface area (Å²) in [5.74, 6) is 0.0144. The summed E-state index contributed by atoms with van der Waals surface area (Å²) in [7, 11) is -4.33. The molecule has 2 bridgehead atoms. The van der Waals surface area contributed by atoms with E-state index < -0.39 is 21.3 Å². The van der Waals surface area contributed by atoms with Gasteiger partial charge in [-0.3, -0.25) is 4.79 Å². The maximum absolute atomic E-state index is 11.8. The molecule has 140 valence electrons. The van der Waals surface area contributed by atoms with Gasteiger partial charge in [0, 0.05) is 17.9 Å². The summed E-state index contributed by atoms with van der Waals surface area (Å²) >= 11 is 0. The maximum Gasteiger partial charge on any atom is 0.252 e. The molecular weight excluding hydrogens is 354 g/mol. The number of aromatic hydroxyl groups is 1. The molecule has 26 heavy (non-hydrogen) atoms. The van der Waals surface area contributed by atoms with Crippen LogP contribution >= 0.6 is 0 Å². The van der Waals surface area contributed by atoms with Crippen LogP contribution in [-0.2, 0) is 14.9 Å². The van der Waals surface area contributed by atoms with Crippen LogP contribution in [0.25, 0.3) is 10.9 Å². The lowest BCUT2D eigenvalue weighted by atomic mass is 9.70. The number of aromatic amines is 1. The Morgan fingerprint density at radius 1 is 1.27 bits per heavy atom. The largest absolute Gasteiger partial charge is 0.748 e. The molecule has 6 nitrogen and oxygen atoms in total. The van der Waals surface area contributed by atoms with Crippen LogP contribution < -0.4 is 4.98 Å². The molecule has 2 aliphatic carbocycles. The molecule has 2 atom stereocenters. The minimum atomic E-state index is -4.33. The lowest BCUT2D eigenvalue weighted by Crippen LogP contribution is -2.42. The Balaban J connectivity index is 0.000000158. The fourth-order valence-corrected chi connectivity index (χ4v) is 5.83. The van der Waals surface area contributed by atoms with Crippen LogP contribution in [0.5, 0.6) is 5.75 Å². The van der Waals surface area contributed by atoms with Crippen molar-refractivity contribution in [3.63, 3.8) is 0 Å². The van der Waals surface area contributed by atoms with Gasteiger partial charge >= 0.3 is 0 Å². The summed E-state index contributed by atoms with van der Waals surface area (Å²) < 4.78 is 32.7. The zero-order chi connectivity index (χ0) is 19.2. The Bertz CT molecular complexity index is 948. The number of nitrogens with one attached hydrogen (secondary N) is 1. The number of phenols is 1. The van der Waals surface area contributed by atoms with E-state index in [1.807, 2.05) is 38.1 Å². The summed E-state index contributed by atoms with van der Waals surface area (Å²) in [5, 5.41) is 10.4. The highest BCUT2D eigenvalue weighted by atomic mass is 32.2. The second-order valence-electron chi connectivity index (χ2n) is 7.78. The molecule has 1 aromatic heterocycles. The lowest BCUT2D eigenvalue weighted by molar-refractivity contribution is -0.345. The normalized spacial score (nSPS) is 26.6. The van der Waals surface area contributed by atoms with Crippen LogP contribution in [0.2, 0.25) is 0 Å². The maximum atomic E-state index is 11.8. The molecule has 0 spiro atoms. The zero-order valence-electron chi connectivity index (χ0n) is 14.9. The van der Waals surface area contributed by atoms with Gasteiger partial charge in [-0.2, -0.15) is 0 Å². The van der Waals surface area contributed by atoms with Crippen molar-refractivity contribution in [3.8, 4) is 5.75 Å². The smallest absolute Gasteiger partial charge is 0.252 e. The van der Waals surface area contributed by atoms with Crippen molar-refractivity contribution in [2.45, 2.75) is 33.1 Å². The number of phenolic OH excluding ortho intramolecular Hbond substituents is 1. The topological polar surface area (TPSA) is 109 Å². The highest BCUT2D eigenvalue weighted by Gasteiger charge is 2.64. The standard InChI is InChI=1S/C10H16O4S.C9H7NO/c1-9(2)7-3-4-10(9,8(11)5-7)6-15(12,13)14;11-8-5-1-3-7-4-2-6-10-9(7)8/h7H,3-6H2,1-2H3,(H,12,13,14);1-6,11H. The Morgan fingerprint density at radius 2 is 1.96 bits per heavy atom. The molecule has 2 aliphatic rings. The van der Waals surface area contributed by atoms with E-state index >= 15 is 0 Å². The molecule has 1 aromatic carbocycles. The first-order chi connectivity index (χ1) is 12.1. The molecule has 1 heterocycles. The Hall–Kier alpha value is -1.99. The first-order valence-electron chi connectivity index (χ1n) is 8.62. The van der Waals surface area contributed by atoms with E-state index in [1.165, 1.54) is 0 Å². The van der Waals surface area contributed by atoms with Crippen LogP contribution in [-0.4, -0.2) is 29.6 Å². The number of carbonyl (C=O) groups is 1. The minimum Gasteiger partial charge on any atom is -0.748 e. The van der Waals surface area contributed by atoms with E-state index in [-0.39, 0.29) is 17.1 Å². The predicted molar refractivity (Wildman–Crippen MR) is 95.3 cm³/mol. The number of hydrogen-bond acceptors (Lipinski definition) is 5. The SMILES string of the molecule is CC1(C)C2CCC1(CS(=O)(=O)[O-])C(=O)C2.Oc1cccc2ccc[nH+]c12. The number of pyridine rings is 1. The minimum absolute atomic E-state index is 0.0248. The van der Waals surface area contributed by atoms with Crippen LogP contribution in [0.4, 0.5) is 0 Å². The van der Waals surface area contributed by atoms with E-state index in [0.29, 0.717) is 18.6 Å². The van der Waals surface area contributed by atoms with Gasteiger partial charge in [0.15, 0.2) is 11.9 Å². The highest BCUT2D eigenvalue weighted by molar-refractivity contribution is 7.85. The number of Topliss-reactive ketones (excluding diaryl/α,β-unsaturated/α-hetero) is 1. The molecule has 2 saturated carbocycles. The third-order valence-electron chi connectivity index (χ3n) is 6.24. The second kappa shape index (κ2) is 6.32. The fourth-order valence-electron chi connectivity index (χ4n) is 4.55. The number of carbonyl (C=O) groups excluding carboxylic acids is 1. The molecule has 0 radical (unpaired) electrons. The quantitative estimate of drug-likeness (QED) is 0.808. The lowest BCUT2D eigenvalue weighted by Gasteiger charge is -2.37. The second-order valence-corrected chi connectivity index (χ2v) is 9.18. The monoisotopic (exact) mass is 377 g/mol. The number of aromatic nitrogens is 1. The van der Waals surface area contributed by atoms with E-state index in [4.69, 9.17) is 0 Å². The van der Waals surface area contributed by atoms with E-state index in [1.54, 1.807) is 12.3 Å². The van der Waals surface area contributed by atoms with Gasteiger partial charge in [0.25, 0.3) is 5.52 Å². The number of para-hydroxylation sites is 1. The molecule has 7 heteroatoms. The van der Waals surface area contributed by atoms with Gasteiger partial charge in [-0.15, -0.1) is 0 Å². The average molecular weight is 377 g/mol. The number of H-pyrrole nitrogens is 1. The van der Waals surface area contributed by atoms with Crippen LogP contribution in [0.1, 0.15) is 33.1 Å². The first-order valence-corrected chi connectivity index (χ1v) is 10.2. The van der Waals surface area contributed by atoms with Crippen LogP contribution in [0, 0.1) is 16.7 Å².